The first kappa shape index (κ1) is 24.9. The number of hydrogen-bond donors (Lipinski definition) is 2. The predicted octanol–water partition coefficient (Wildman–Crippen LogP) is 4.14. The lowest BCUT2D eigenvalue weighted by atomic mass is 9.83. The molecule has 28 heavy (non-hydrogen) atoms. The number of rotatable bonds is 11. The topological polar surface area (TPSA) is 67.8 Å². The highest BCUT2D eigenvalue weighted by Crippen LogP contribution is 2.40. The standard InChI is InChI=1S/C21H36N4O2.HI/c1-4-5-14-27-19-18(9-8-13-23-19)16-24-20(22-2)25-17-21(12-15-26-3)10-6-7-11-21;/h8-9,13H,4-7,10-12,14-17H2,1-3H3,(H2,22,24,25);1H. The average Bonchev–Trinajstić information content (AvgIpc) is 3.17. The van der Waals surface area contributed by atoms with E-state index in [1.54, 1.807) is 13.3 Å². The molecule has 0 atom stereocenters. The van der Waals surface area contributed by atoms with Crippen molar-refractivity contribution in [2.24, 2.45) is 10.4 Å². The summed E-state index contributed by atoms with van der Waals surface area (Å²) >= 11 is 0. The van der Waals surface area contributed by atoms with E-state index in [2.05, 4.69) is 27.5 Å². The largest absolute Gasteiger partial charge is 0.477 e. The first-order valence-corrected chi connectivity index (χ1v) is 10.2. The fraction of sp³-hybridized carbons (Fsp3) is 0.714. The van der Waals surface area contributed by atoms with Crippen LogP contribution < -0.4 is 15.4 Å². The Labute approximate surface area is 187 Å². The van der Waals surface area contributed by atoms with Gasteiger partial charge in [-0.3, -0.25) is 4.99 Å². The summed E-state index contributed by atoms with van der Waals surface area (Å²) in [5.41, 5.74) is 1.38. The molecule has 1 saturated carbocycles. The van der Waals surface area contributed by atoms with Crippen molar-refractivity contribution in [2.45, 2.75) is 58.4 Å². The van der Waals surface area contributed by atoms with Gasteiger partial charge in [-0.1, -0.05) is 32.3 Å². The first-order chi connectivity index (χ1) is 13.2. The fourth-order valence-electron chi connectivity index (χ4n) is 3.63. The van der Waals surface area contributed by atoms with Gasteiger partial charge in [0.15, 0.2) is 5.96 Å². The molecule has 0 aromatic carbocycles. The molecule has 2 rings (SSSR count). The summed E-state index contributed by atoms with van der Waals surface area (Å²) < 4.78 is 11.1. The molecule has 160 valence electrons. The summed E-state index contributed by atoms with van der Waals surface area (Å²) in [5, 5.41) is 6.93. The zero-order valence-corrected chi connectivity index (χ0v) is 20.0. The number of aromatic nitrogens is 1. The van der Waals surface area contributed by atoms with E-state index in [4.69, 9.17) is 9.47 Å². The monoisotopic (exact) mass is 504 g/mol. The zero-order valence-electron chi connectivity index (χ0n) is 17.6. The van der Waals surface area contributed by atoms with Crippen molar-refractivity contribution in [2.75, 3.05) is 33.9 Å². The van der Waals surface area contributed by atoms with Crippen LogP contribution in [0.25, 0.3) is 0 Å². The van der Waals surface area contributed by atoms with Gasteiger partial charge in [-0.25, -0.2) is 4.98 Å². The van der Waals surface area contributed by atoms with Gasteiger partial charge in [-0.2, -0.15) is 0 Å². The van der Waals surface area contributed by atoms with Crippen molar-refractivity contribution in [3.63, 3.8) is 0 Å². The summed E-state index contributed by atoms with van der Waals surface area (Å²) in [4.78, 5) is 8.75. The van der Waals surface area contributed by atoms with Crippen molar-refractivity contribution in [1.82, 2.24) is 15.6 Å². The van der Waals surface area contributed by atoms with Gasteiger partial charge in [-0.15, -0.1) is 24.0 Å². The van der Waals surface area contributed by atoms with Crippen molar-refractivity contribution in [1.29, 1.82) is 0 Å². The molecule has 1 aromatic heterocycles. The maximum Gasteiger partial charge on any atom is 0.218 e. The molecule has 0 unspecified atom stereocenters. The predicted molar refractivity (Wildman–Crippen MR) is 126 cm³/mol. The summed E-state index contributed by atoms with van der Waals surface area (Å²) in [5.74, 6) is 1.53. The van der Waals surface area contributed by atoms with Crippen LogP contribution in [0.15, 0.2) is 23.3 Å². The highest BCUT2D eigenvalue weighted by atomic mass is 127. The van der Waals surface area contributed by atoms with Gasteiger partial charge in [0.05, 0.1) is 6.61 Å². The van der Waals surface area contributed by atoms with Crippen LogP contribution in [0.5, 0.6) is 5.88 Å². The Balaban J connectivity index is 0.00000392. The summed E-state index contributed by atoms with van der Waals surface area (Å²) in [7, 11) is 3.60. The molecular weight excluding hydrogens is 467 g/mol. The molecule has 2 N–H and O–H groups in total. The lowest BCUT2D eigenvalue weighted by Crippen LogP contribution is -2.43. The molecule has 7 heteroatoms. The number of methoxy groups -OCH3 is 1. The Hall–Kier alpha value is -1.09. The van der Waals surface area contributed by atoms with Crippen molar-refractivity contribution >= 4 is 29.9 Å². The van der Waals surface area contributed by atoms with Crippen LogP contribution >= 0.6 is 24.0 Å². The van der Waals surface area contributed by atoms with Crippen LogP contribution in [0.1, 0.15) is 57.4 Å². The molecular formula is C21H37IN4O2. The molecule has 6 nitrogen and oxygen atoms in total. The van der Waals surface area contributed by atoms with Crippen molar-refractivity contribution in [3.8, 4) is 5.88 Å². The molecule has 0 amide bonds. The lowest BCUT2D eigenvalue weighted by Gasteiger charge is -2.30. The number of ether oxygens (including phenoxy) is 2. The smallest absolute Gasteiger partial charge is 0.218 e. The number of unbranched alkanes of at least 4 members (excludes halogenated alkanes) is 1. The maximum absolute atomic E-state index is 5.82. The van der Waals surface area contributed by atoms with E-state index < -0.39 is 0 Å². The molecule has 0 aliphatic heterocycles. The normalized spacial score (nSPS) is 15.8. The second kappa shape index (κ2) is 14.0. The Kier molecular flexibility index (Phi) is 12.5. The summed E-state index contributed by atoms with van der Waals surface area (Å²) in [6.45, 7) is 5.25. The Bertz CT molecular complexity index is 577. The average molecular weight is 504 g/mol. The second-order valence-corrected chi connectivity index (χ2v) is 7.40. The van der Waals surface area contributed by atoms with Crippen molar-refractivity contribution in [3.05, 3.63) is 23.9 Å². The lowest BCUT2D eigenvalue weighted by molar-refractivity contribution is 0.138. The highest BCUT2D eigenvalue weighted by Gasteiger charge is 2.33. The molecule has 1 fully saturated rings. The fourth-order valence-corrected chi connectivity index (χ4v) is 3.63. The molecule has 1 heterocycles. The number of aliphatic imine (C=N–C) groups is 1. The highest BCUT2D eigenvalue weighted by molar-refractivity contribution is 14.0. The van der Waals surface area contributed by atoms with E-state index in [1.165, 1.54) is 25.7 Å². The van der Waals surface area contributed by atoms with E-state index in [0.29, 0.717) is 24.4 Å². The van der Waals surface area contributed by atoms with E-state index in [9.17, 15) is 0 Å². The molecule has 0 radical (unpaired) electrons. The van der Waals surface area contributed by atoms with Gasteiger partial charge in [0, 0.05) is 45.6 Å². The van der Waals surface area contributed by atoms with Gasteiger partial charge in [0.2, 0.25) is 5.88 Å². The second-order valence-electron chi connectivity index (χ2n) is 7.40. The van der Waals surface area contributed by atoms with Crippen LogP contribution in [0.3, 0.4) is 0 Å². The van der Waals surface area contributed by atoms with Crippen LogP contribution in [0, 0.1) is 5.41 Å². The van der Waals surface area contributed by atoms with Gasteiger partial charge >= 0.3 is 0 Å². The Morgan fingerprint density at radius 3 is 2.71 bits per heavy atom. The Morgan fingerprint density at radius 1 is 1.25 bits per heavy atom. The van der Waals surface area contributed by atoms with E-state index >= 15 is 0 Å². The molecule has 1 aliphatic carbocycles. The minimum absolute atomic E-state index is 0. The number of guanidine groups is 1. The SMILES string of the molecule is CCCCOc1ncccc1CNC(=NC)NCC1(CCOC)CCCC1.I. The van der Waals surface area contributed by atoms with Crippen LogP contribution in [0.2, 0.25) is 0 Å². The van der Waals surface area contributed by atoms with E-state index in [1.807, 2.05) is 19.2 Å². The van der Waals surface area contributed by atoms with Crippen LogP contribution in [-0.2, 0) is 11.3 Å². The number of nitrogens with zero attached hydrogens (tertiary/aromatic N) is 2. The molecule has 1 aliphatic rings. The van der Waals surface area contributed by atoms with E-state index in [-0.39, 0.29) is 24.0 Å². The maximum atomic E-state index is 5.82. The number of halogens is 1. The molecule has 0 spiro atoms. The molecule has 1 aromatic rings. The summed E-state index contributed by atoms with van der Waals surface area (Å²) in [6, 6.07) is 3.99. The zero-order chi connectivity index (χ0) is 19.4. The Morgan fingerprint density at radius 2 is 2.04 bits per heavy atom. The minimum Gasteiger partial charge on any atom is -0.477 e. The van der Waals surface area contributed by atoms with Crippen LogP contribution in [0.4, 0.5) is 0 Å². The van der Waals surface area contributed by atoms with Gasteiger partial charge in [-0.05, 0) is 37.2 Å². The van der Waals surface area contributed by atoms with Gasteiger partial charge in [0.25, 0.3) is 0 Å². The molecule has 0 bridgehead atoms. The van der Waals surface area contributed by atoms with E-state index in [0.717, 1.165) is 43.9 Å². The number of hydrogen-bond acceptors (Lipinski definition) is 4. The number of nitrogens with one attached hydrogen (secondary N) is 2. The number of pyridine rings is 1. The van der Waals surface area contributed by atoms with Gasteiger partial charge < -0.3 is 20.1 Å². The summed E-state index contributed by atoms with van der Waals surface area (Å²) in [6.07, 6.45) is 10.2. The molecule has 0 saturated heterocycles. The van der Waals surface area contributed by atoms with Crippen LogP contribution in [-0.4, -0.2) is 44.9 Å². The van der Waals surface area contributed by atoms with Gasteiger partial charge in [0.1, 0.15) is 0 Å². The third-order valence-electron chi connectivity index (χ3n) is 5.39. The first-order valence-electron chi connectivity index (χ1n) is 10.2. The quantitative estimate of drug-likeness (QED) is 0.205. The van der Waals surface area contributed by atoms with Crippen molar-refractivity contribution < 1.29 is 9.47 Å². The third kappa shape index (κ3) is 8.11. The third-order valence-corrected chi connectivity index (χ3v) is 5.39. The minimum atomic E-state index is 0.